The van der Waals surface area contributed by atoms with Crippen molar-refractivity contribution < 1.29 is 16.8 Å². The van der Waals surface area contributed by atoms with E-state index >= 15 is 0 Å². The maximum Gasteiger partial charge on any atom is 0.246 e. The third-order valence-electron chi connectivity index (χ3n) is 5.11. The van der Waals surface area contributed by atoms with Gasteiger partial charge >= 0.3 is 0 Å². The van der Waals surface area contributed by atoms with Gasteiger partial charge in [0.05, 0.1) is 22.8 Å². The molecule has 0 unspecified atom stereocenters. The highest BCUT2D eigenvalue weighted by atomic mass is 32.2. The van der Waals surface area contributed by atoms with E-state index in [1.54, 1.807) is 39.4 Å². The van der Waals surface area contributed by atoms with Gasteiger partial charge in [-0.05, 0) is 34.1 Å². The molecule has 12 heteroatoms. The molecule has 0 radical (unpaired) electrons. The fourth-order valence-electron chi connectivity index (χ4n) is 3.66. The van der Waals surface area contributed by atoms with E-state index in [1.165, 1.54) is 8.61 Å². The summed E-state index contributed by atoms with van der Waals surface area (Å²) in [4.78, 5) is 0.371. The molecule has 0 bridgehead atoms. The van der Waals surface area contributed by atoms with Crippen LogP contribution in [0.2, 0.25) is 0 Å². The summed E-state index contributed by atoms with van der Waals surface area (Å²) in [5.74, 6) is 0. The molecule has 1 N–H and O–H groups in total. The molecule has 0 aliphatic carbocycles. The fourth-order valence-corrected chi connectivity index (χ4v) is 7.33. The molecule has 1 aliphatic heterocycles. The van der Waals surface area contributed by atoms with E-state index in [9.17, 15) is 16.8 Å². The zero-order valence-electron chi connectivity index (χ0n) is 16.7. The molecule has 3 rings (SSSR count). The summed E-state index contributed by atoms with van der Waals surface area (Å²) in [5, 5.41) is 10.9. The highest BCUT2D eigenvalue weighted by Gasteiger charge is 2.35. The van der Waals surface area contributed by atoms with E-state index in [1.807, 2.05) is 0 Å². The predicted octanol–water partition coefficient (Wildman–Crippen LogP) is 0.462. The third-order valence-corrected chi connectivity index (χ3v) is 9.43. The monoisotopic (exact) mass is 430 g/mol. The van der Waals surface area contributed by atoms with E-state index in [-0.39, 0.29) is 36.0 Å². The number of aromatic nitrogens is 4. The SMILES string of the molecule is Cc1n[nH]c(C)c1S(=O)(=O)N1CCCN(S(=O)(=O)c2c(C)nn(C)c2C)CC1. The predicted molar refractivity (Wildman–Crippen MR) is 103 cm³/mol. The summed E-state index contributed by atoms with van der Waals surface area (Å²) in [6, 6.07) is 0. The second-order valence-corrected chi connectivity index (χ2v) is 10.8. The summed E-state index contributed by atoms with van der Waals surface area (Å²) in [6.07, 6.45) is 0.409. The molecule has 0 amide bonds. The second kappa shape index (κ2) is 7.25. The fraction of sp³-hybridized carbons (Fsp3) is 0.625. The number of hydrogen-bond acceptors (Lipinski definition) is 6. The van der Waals surface area contributed by atoms with Crippen LogP contribution in [0.3, 0.4) is 0 Å². The Morgan fingerprint density at radius 1 is 0.821 bits per heavy atom. The molecular formula is C16H26N6O4S2. The first-order chi connectivity index (χ1) is 13.0. The number of aryl methyl sites for hydroxylation is 4. The standard InChI is InChI=1S/C16H26N6O4S2/c1-11-15(12(2)18-17-11)27(23,24)21-7-6-8-22(10-9-21)28(25,26)16-13(3)19-20(5)14(16)4/h6-10H2,1-5H3,(H,17,18). The van der Waals surface area contributed by atoms with E-state index in [4.69, 9.17) is 0 Å². The first kappa shape index (κ1) is 21.0. The third kappa shape index (κ3) is 3.38. The van der Waals surface area contributed by atoms with Gasteiger partial charge in [0.15, 0.2) is 0 Å². The number of aromatic amines is 1. The van der Waals surface area contributed by atoms with E-state index in [0.29, 0.717) is 29.2 Å². The molecule has 1 aliphatic rings. The average molecular weight is 431 g/mol. The van der Waals surface area contributed by atoms with Crippen molar-refractivity contribution in [3.8, 4) is 0 Å². The van der Waals surface area contributed by atoms with Crippen molar-refractivity contribution >= 4 is 20.0 Å². The quantitative estimate of drug-likeness (QED) is 0.752. The molecule has 0 atom stereocenters. The van der Waals surface area contributed by atoms with Crippen molar-refractivity contribution in [3.05, 3.63) is 22.8 Å². The van der Waals surface area contributed by atoms with E-state index in [2.05, 4.69) is 15.3 Å². The van der Waals surface area contributed by atoms with Gasteiger partial charge < -0.3 is 0 Å². The highest BCUT2D eigenvalue weighted by Crippen LogP contribution is 2.26. The molecule has 28 heavy (non-hydrogen) atoms. The zero-order chi connectivity index (χ0) is 20.9. The lowest BCUT2D eigenvalue weighted by Crippen LogP contribution is -2.37. The van der Waals surface area contributed by atoms with Crippen LogP contribution in [0, 0.1) is 27.7 Å². The molecule has 1 saturated heterocycles. The van der Waals surface area contributed by atoms with Gasteiger partial charge in [-0.2, -0.15) is 18.8 Å². The van der Waals surface area contributed by atoms with Crippen molar-refractivity contribution in [1.29, 1.82) is 0 Å². The minimum absolute atomic E-state index is 0.0873. The molecule has 10 nitrogen and oxygen atoms in total. The van der Waals surface area contributed by atoms with Crippen LogP contribution in [0.5, 0.6) is 0 Å². The average Bonchev–Trinajstić information content (AvgIpc) is 2.93. The first-order valence-electron chi connectivity index (χ1n) is 9.00. The topological polar surface area (TPSA) is 121 Å². The van der Waals surface area contributed by atoms with Crippen LogP contribution >= 0.6 is 0 Å². The molecule has 0 aromatic carbocycles. The van der Waals surface area contributed by atoms with Gasteiger partial charge in [-0.3, -0.25) is 9.78 Å². The van der Waals surface area contributed by atoms with Crippen LogP contribution in [0.15, 0.2) is 9.79 Å². The largest absolute Gasteiger partial charge is 0.281 e. The Balaban J connectivity index is 1.88. The van der Waals surface area contributed by atoms with Crippen molar-refractivity contribution in [2.75, 3.05) is 26.2 Å². The number of nitrogens with one attached hydrogen (secondary N) is 1. The van der Waals surface area contributed by atoms with E-state index in [0.717, 1.165) is 0 Å². The summed E-state index contributed by atoms with van der Waals surface area (Å²) < 4.78 is 56.7. The number of H-pyrrole nitrogens is 1. The number of rotatable bonds is 4. The normalized spacial score (nSPS) is 17.8. The lowest BCUT2D eigenvalue weighted by atomic mass is 10.4. The molecule has 2 aromatic heterocycles. The Hall–Kier alpha value is -1.76. The summed E-state index contributed by atoms with van der Waals surface area (Å²) in [6.45, 7) is 7.36. The Morgan fingerprint density at radius 2 is 1.36 bits per heavy atom. The molecule has 0 spiro atoms. The maximum atomic E-state index is 13.2. The van der Waals surface area contributed by atoms with Gasteiger partial charge in [-0.1, -0.05) is 0 Å². The van der Waals surface area contributed by atoms with Crippen LogP contribution in [0.4, 0.5) is 0 Å². The van der Waals surface area contributed by atoms with Crippen molar-refractivity contribution in [1.82, 2.24) is 28.6 Å². The maximum absolute atomic E-state index is 13.2. The lowest BCUT2D eigenvalue weighted by molar-refractivity contribution is 0.404. The van der Waals surface area contributed by atoms with Crippen LogP contribution in [-0.2, 0) is 27.1 Å². The van der Waals surface area contributed by atoms with Gasteiger partial charge in [0.2, 0.25) is 20.0 Å². The Kier molecular flexibility index (Phi) is 5.42. The minimum Gasteiger partial charge on any atom is -0.281 e. The molecule has 3 heterocycles. The Morgan fingerprint density at radius 3 is 1.79 bits per heavy atom. The lowest BCUT2D eigenvalue weighted by Gasteiger charge is -2.22. The second-order valence-electron chi connectivity index (χ2n) is 7.05. The first-order valence-corrected chi connectivity index (χ1v) is 11.9. The van der Waals surface area contributed by atoms with Gasteiger partial charge in [0, 0.05) is 33.2 Å². The van der Waals surface area contributed by atoms with Crippen LogP contribution in [-0.4, -0.2) is 71.6 Å². The van der Waals surface area contributed by atoms with Gasteiger partial charge in [0.1, 0.15) is 9.79 Å². The number of hydrogen-bond donors (Lipinski definition) is 1. The zero-order valence-corrected chi connectivity index (χ0v) is 18.4. The number of nitrogens with zero attached hydrogens (tertiary/aromatic N) is 5. The van der Waals surface area contributed by atoms with Crippen molar-refractivity contribution in [2.45, 2.75) is 43.9 Å². The van der Waals surface area contributed by atoms with Crippen LogP contribution in [0.1, 0.15) is 29.2 Å². The molecule has 0 saturated carbocycles. The van der Waals surface area contributed by atoms with Gasteiger partial charge in [0.25, 0.3) is 0 Å². The van der Waals surface area contributed by atoms with Gasteiger partial charge in [-0.15, -0.1) is 0 Å². The highest BCUT2D eigenvalue weighted by molar-refractivity contribution is 7.89. The summed E-state index contributed by atoms with van der Waals surface area (Å²) in [7, 11) is -5.80. The summed E-state index contributed by atoms with van der Waals surface area (Å²) >= 11 is 0. The molecular weight excluding hydrogens is 404 g/mol. The van der Waals surface area contributed by atoms with Crippen molar-refractivity contribution in [2.24, 2.45) is 7.05 Å². The smallest absolute Gasteiger partial charge is 0.246 e. The Labute approximate surface area is 165 Å². The van der Waals surface area contributed by atoms with E-state index < -0.39 is 20.0 Å². The molecule has 2 aromatic rings. The summed E-state index contributed by atoms with van der Waals surface area (Å²) in [5.41, 5.74) is 1.90. The van der Waals surface area contributed by atoms with Crippen LogP contribution in [0.25, 0.3) is 0 Å². The molecule has 156 valence electrons. The molecule has 1 fully saturated rings. The van der Waals surface area contributed by atoms with Crippen molar-refractivity contribution in [3.63, 3.8) is 0 Å². The number of sulfonamides is 2. The Bertz CT molecular complexity index is 1080. The minimum atomic E-state index is -3.75. The van der Waals surface area contributed by atoms with Gasteiger partial charge in [-0.25, -0.2) is 16.8 Å². The van der Waals surface area contributed by atoms with Crippen LogP contribution < -0.4 is 0 Å².